The predicted molar refractivity (Wildman–Crippen MR) is 55.3 cm³/mol. The molecule has 0 aliphatic heterocycles. The molecule has 2 N–H and O–H groups in total. The maximum Gasteiger partial charge on any atom is 0.396 e. The molecule has 7 heteroatoms. The van der Waals surface area contributed by atoms with Crippen molar-refractivity contribution in [3.8, 4) is 0 Å². The molecule has 0 bridgehead atoms. The van der Waals surface area contributed by atoms with Crippen molar-refractivity contribution in [1.82, 2.24) is 10.1 Å². The van der Waals surface area contributed by atoms with Gasteiger partial charge in [-0.1, -0.05) is 19.0 Å². The van der Waals surface area contributed by atoms with Crippen molar-refractivity contribution in [2.24, 2.45) is 11.7 Å². The summed E-state index contributed by atoms with van der Waals surface area (Å²) in [6, 6.07) is -0.255. The first kappa shape index (κ1) is 14.0. The van der Waals surface area contributed by atoms with Gasteiger partial charge in [0.15, 0.2) is 5.82 Å². The van der Waals surface area contributed by atoms with Gasteiger partial charge in [-0.15, -0.1) is 0 Å². The van der Waals surface area contributed by atoms with Crippen LogP contribution in [0, 0.1) is 5.92 Å². The van der Waals surface area contributed by atoms with Crippen LogP contribution in [0.2, 0.25) is 0 Å². The SMILES string of the molecule is CC(C)C(c1nc(CC(F)(F)F)no1)C(C)N. The molecule has 0 aromatic carbocycles. The van der Waals surface area contributed by atoms with E-state index in [-0.39, 0.29) is 29.6 Å². The molecule has 2 unspecified atom stereocenters. The minimum absolute atomic E-state index is 0.120. The van der Waals surface area contributed by atoms with Gasteiger partial charge in [-0.2, -0.15) is 18.2 Å². The molecule has 0 fully saturated rings. The van der Waals surface area contributed by atoms with Gasteiger partial charge in [0.2, 0.25) is 5.89 Å². The lowest BCUT2D eigenvalue weighted by molar-refractivity contribution is -0.128. The molecule has 1 heterocycles. The van der Waals surface area contributed by atoms with E-state index < -0.39 is 12.6 Å². The highest BCUT2D eigenvalue weighted by Gasteiger charge is 2.32. The Morgan fingerprint density at radius 3 is 2.29 bits per heavy atom. The molecule has 1 rings (SSSR count). The van der Waals surface area contributed by atoms with E-state index in [9.17, 15) is 13.2 Å². The molecular formula is C10H16F3N3O. The monoisotopic (exact) mass is 251 g/mol. The normalized spacial score (nSPS) is 16.2. The smallest absolute Gasteiger partial charge is 0.339 e. The molecule has 2 atom stereocenters. The minimum atomic E-state index is -4.33. The average molecular weight is 251 g/mol. The van der Waals surface area contributed by atoms with Gasteiger partial charge in [-0.3, -0.25) is 0 Å². The van der Waals surface area contributed by atoms with E-state index in [1.165, 1.54) is 0 Å². The van der Waals surface area contributed by atoms with E-state index in [4.69, 9.17) is 10.3 Å². The summed E-state index contributed by atoms with van der Waals surface area (Å²) in [7, 11) is 0. The van der Waals surface area contributed by atoms with E-state index in [0.717, 1.165) is 0 Å². The van der Waals surface area contributed by atoms with E-state index in [0.29, 0.717) is 0 Å². The number of rotatable bonds is 4. The van der Waals surface area contributed by atoms with Gasteiger partial charge in [-0.25, -0.2) is 0 Å². The lowest BCUT2D eigenvalue weighted by Crippen LogP contribution is -2.28. The highest BCUT2D eigenvalue weighted by molar-refractivity contribution is 5.00. The second kappa shape index (κ2) is 5.03. The summed E-state index contributed by atoms with van der Waals surface area (Å²) >= 11 is 0. The Morgan fingerprint density at radius 2 is 1.88 bits per heavy atom. The zero-order valence-corrected chi connectivity index (χ0v) is 9.95. The van der Waals surface area contributed by atoms with Crippen molar-refractivity contribution in [3.05, 3.63) is 11.7 Å². The molecule has 0 spiro atoms. The highest BCUT2D eigenvalue weighted by Crippen LogP contribution is 2.27. The molecule has 0 aliphatic carbocycles. The first-order valence-corrected chi connectivity index (χ1v) is 5.35. The molecule has 0 saturated heterocycles. The predicted octanol–water partition coefficient (Wildman–Crippen LogP) is 2.26. The van der Waals surface area contributed by atoms with Crippen molar-refractivity contribution in [2.75, 3.05) is 0 Å². The average Bonchev–Trinajstić information content (AvgIpc) is 2.47. The fourth-order valence-corrected chi connectivity index (χ4v) is 1.77. The van der Waals surface area contributed by atoms with Crippen LogP contribution in [0.1, 0.15) is 38.4 Å². The molecular weight excluding hydrogens is 235 g/mol. The van der Waals surface area contributed by atoms with Gasteiger partial charge in [0.1, 0.15) is 6.42 Å². The quantitative estimate of drug-likeness (QED) is 0.891. The van der Waals surface area contributed by atoms with Crippen LogP contribution in [0.25, 0.3) is 0 Å². The summed E-state index contributed by atoms with van der Waals surface area (Å²) in [5.41, 5.74) is 5.76. The second-order valence-corrected chi connectivity index (χ2v) is 4.47. The van der Waals surface area contributed by atoms with E-state index in [1.807, 2.05) is 13.8 Å². The maximum absolute atomic E-state index is 12.1. The molecule has 0 radical (unpaired) electrons. The minimum Gasteiger partial charge on any atom is -0.339 e. The Bertz CT molecular complexity index is 352. The number of halogens is 3. The second-order valence-electron chi connectivity index (χ2n) is 4.47. The van der Waals surface area contributed by atoms with Crippen LogP contribution in [-0.4, -0.2) is 22.4 Å². The standard InChI is InChI=1S/C10H16F3N3O/c1-5(2)8(6(3)14)9-15-7(16-17-9)4-10(11,12)13/h5-6,8H,4,14H2,1-3H3. The fraction of sp³-hybridized carbons (Fsp3) is 0.800. The third-order valence-corrected chi connectivity index (χ3v) is 2.41. The summed E-state index contributed by atoms with van der Waals surface area (Å²) in [4.78, 5) is 3.76. The van der Waals surface area contributed by atoms with Gasteiger partial charge in [0.25, 0.3) is 0 Å². The van der Waals surface area contributed by atoms with Crippen LogP contribution in [0.5, 0.6) is 0 Å². The Balaban J connectivity index is 2.86. The lowest BCUT2D eigenvalue weighted by Gasteiger charge is -2.20. The number of nitrogens with two attached hydrogens (primary N) is 1. The summed E-state index contributed by atoms with van der Waals surface area (Å²) in [5, 5.41) is 3.33. The first-order valence-electron chi connectivity index (χ1n) is 5.35. The largest absolute Gasteiger partial charge is 0.396 e. The van der Waals surface area contributed by atoms with Crippen LogP contribution in [-0.2, 0) is 6.42 Å². The van der Waals surface area contributed by atoms with Crippen molar-refractivity contribution in [3.63, 3.8) is 0 Å². The Kier molecular flexibility index (Phi) is 4.13. The van der Waals surface area contributed by atoms with Crippen molar-refractivity contribution in [2.45, 2.75) is 45.3 Å². The molecule has 98 valence electrons. The Labute approximate surface area is 97.4 Å². The van der Waals surface area contributed by atoms with Crippen molar-refractivity contribution >= 4 is 0 Å². The zero-order chi connectivity index (χ0) is 13.2. The first-order chi connectivity index (χ1) is 7.70. The van der Waals surface area contributed by atoms with E-state index >= 15 is 0 Å². The third-order valence-electron chi connectivity index (χ3n) is 2.41. The van der Waals surface area contributed by atoms with Gasteiger partial charge >= 0.3 is 6.18 Å². The maximum atomic E-state index is 12.1. The van der Waals surface area contributed by atoms with Crippen molar-refractivity contribution in [1.29, 1.82) is 0 Å². The molecule has 1 aromatic heterocycles. The summed E-state index contributed by atoms with van der Waals surface area (Å²) < 4.78 is 41.2. The lowest BCUT2D eigenvalue weighted by atomic mass is 9.90. The third kappa shape index (κ3) is 3.99. The Hall–Kier alpha value is -1.11. The number of alkyl halides is 3. The summed E-state index contributed by atoms with van der Waals surface area (Å²) in [5.74, 6) is -0.285. The number of aromatic nitrogens is 2. The van der Waals surface area contributed by atoms with Gasteiger partial charge in [-0.05, 0) is 12.8 Å². The highest BCUT2D eigenvalue weighted by atomic mass is 19.4. The number of nitrogens with zero attached hydrogens (tertiary/aromatic N) is 2. The summed E-state index contributed by atoms with van der Waals surface area (Å²) in [6.45, 7) is 5.57. The zero-order valence-electron chi connectivity index (χ0n) is 9.95. The number of hydrogen-bond donors (Lipinski definition) is 1. The summed E-state index contributed by atoms with van der Waals surface area (Å²) in [6.07, 6.45) is -5.51. The molecule has 0 aliphatic rings. The molecule has 0 amide bonds. The fourth-order valence-electron chi connectivity index (χ4n) is 1.77. The van der Waals surface area contributed by atoms with Gasteiger partial charge in [0.05, 0.1) is 5.92 Å². The van der Waals surface area contributed by atoms with Crippen LogP contribution in [0.15, 0.2) is 4.52 Å². The molecule has 0 saturated carbocycles. The Morgan fingerprint density at radius 1 is 1.29 bits per heavy atom. The van der Waals surface area contributed by atoms with E-state index in [2.05, 4.69) is 10.1 Å². The molecule has 4 nitrogen and oxygen atoms in total. The molecule has 17 heavy (non-hydrogen) atoms. The number of hydrogen-bond acceptors (Lipinski definition) is 4. The van der Waals surface area contributed by atoms with Gasteiger partial charge in [0, 0.05) is 6.04 Å². The van der Waals surface area contributed by atoms with Crippen LogP contribution in [0.4, 0.5) is 13.2 Å². The van der Waals surface area contributed by atoms with Gasteiger partial charge < -0.3 is 10.3 Å². The van der Waals surface area contributed by atoms with Crippen LogP contribution in [0.3, 0.4) is 0 Å². The van der Waals surface area contributed by atoms with E-state index in [1.54, 1.807) is 6.92 Å². The molecule has 1 aromatic rings. The van der Waals surface area contributed by atoms with Crippen LogP contribution < -0.4 is 5.73 Å². The van der Waals surface area contributed by atoms with Crippen LogP contribution >= 0.6 is 0 Å². The topological polar surface area (TPSA) is 64.9 Å². The van der Waals surface area contributed by atoms with Crippen molar-refractivity contribution < 1.29 is 17.7 Å².